The van der Waals surface area contributed by atoms with E-state index in [1.807, 2.05) is 0 Å². The monoisotopic (exact) mass is 293 g/mol. The molecule has 110 valence electrons. The molecule has 1 atom stereocenters. The predicted octanol–water partition coefficient (Wildman–Crippen LogP) is 0.776. The van der Waals surface area contributed by atoms with Crippen molar-refractivity contribution in [3.8, 4) is 0 Å². The molecule has 3 aliphatic rings. The summed E-state index contributed by atoms with van der Waals surface area (Å²) in [5.41, 5.74) is 0.874. The van der Waals surface area contributed by atoms with E-state index in [4.69, 9.17) is 4.65 Å². The molecule has 1 aromatic rings. The Balaban J connectivity index is 1.55. The quantitative estimate of drug-likeness (QED) is 0.778. The second kappa shape index (κ2) is 4.05. The highest BCUT2D eigenvalue weighted by Gasteiger charge is 2.73. The van der Waals surface area contributed by atoms with Crippen molar-refractivity contribution in [1.82, 2.24) is 4.90 Å². The average molecular weight is 293 g/mol. The summed E-state index contributed by atoms with van der Waals surface area (Å²) in [7, 11) is -1.01. The van der Waals surface area contributed by atoms with Crippen molar-refractivity contribution in [3.05, 3.63) is 29.3 Å². The van der Waals surface area contributed by atoms with Gasteiger partial charge in [0.2, 0.25) is 0 Å². The van der Waals surface area contributed by atoms with Crippen molar-refractivity contribution in [2.24, 2.45) is 5.41 Å². The van der Waals surface area contributed by atoms with Gasteiger partial charge in [-0.25, -0.2) is 8.78 Å². The molecule has 1 N–H and O–H groups in total. The molecule has 0 radical (unpaired) electrons. The first kappa shape index (κ1) is 13.2. The van der Waals surface area contributed by atoms with Gasteiger partial charge in [-0.15, -0.1) is 0 Å². The zero-order valence-electron chi connectivity index (χ0n) is 11.3. The van der Waals surface area contributed by atoms with E-state index in [2.05, 4.69) is 0 Å². The van der Waals surface area contributed by atoms with Gasteiger partial charge in [0.05, 0.1) is 12.0 Å². The highest BCUT2D eigenvalue weighted by atomic mass is 19.3. The van der Waals surface area contributed by atoms with E-state index in [9.17, 15) is 18.6 Å². The minimum atomic E-state index is -2.62. The lowest BCUT2D eigenvalue weighted by atomic mass is 9.78. The maximum atomic E-state index is 13.4. The van der Waals surface area contributed by atoms with Gasteiger partial charge in [0.25, 0.3) is 11.8 Å². The number of benzene rings is 1. The van der Waals surface area contributed by atoms with Crippen LogP contribution < -0.4 is 5.46 Å². The fraction of sp³-hybridized carbons (Fsp3) is 0.500. The zero-order valence-corrected chi connectivity index (χ0v) is 11.3. The molecule has 1 saturated carbocycles. The van der Waals surface area contributed by atoms with Crippen LogP contribution in [0.2, 0.25) is 0 Å². The van der Waals surface area contributed by atoms with Crippen molar-refractivity contribution in [2.45, 2.75) is 25.4 Å². The SMILES string of the molecule is O=C(c1ccc2c(c1)B(O)OC2)N1CCC2(C1)CC2(F)F. The smallest absolute Gasteiger partial charge is 0.423 e. The van der Waals surface area contributed by atoms with Crippen molar-refractivity contribution >= 4 is 18.5 Å². The normalized spacial score (nSPS) is 29.1. The standard InChI is InChI=1S/C14H14BF2NO3/c16-14(17)7-13(14)3-4-18(8-13)12(19)9-1-2-10-6-21-15(20)11(10)5-9/h1-2,5,20H,3-4,6-8H2. The molecule has 1 unspecified atom stereocenters. The predicted molar refractivity (Wildman–Crippen MR) is 71.4 cm³/mol. The van der Waals surface area contributed by atoms with Crippen LogP contribution in [0.25, 0.3) is 0 Å². The van der Waals surface area contributed by atoms with Crippen LogP contribution in [0.5, 0.6) is 0 Å². The van der Waals surface area contributed by atoms with E-state index >= 15 is 0 Å². The first-order chi connectivity index (χ1) is 9.92. The molecule has 7 heteroatoms. The molecule has 21 heavy (non-hydrogen) atoms. The highest BCUT2D eigenvalue weighted by Crippen LogP contribution is 2.65. The van der Waals surface area contributed by atoms with Crippen LogP contribution in [0.4, 0.5) is 8.78 Å². The molecule has 1 spiro atoms. The molecule has 1 aromatic carbocycles. The second-order valence-corrected chi connectivity index (χ2v) is 6.22. The molecule has 1 saturated heterocycles. The van der Waals surface area contributed by atoms with Crippen molar-refractivity contribution < 1.29 is 23.3 Å². The van der Waals surface area contributed by atoms with Crippen molar-refractivity contribution in [1.29, 1.82) is 0 Å². The lowest BCUT2D eigenvalue weighted by Gasteiger charge is -2.17. The summed E-state index contributed by atoms with van der Waals surface area (Å²) < 4.78 is 31.8. The fourth-order valence-corrected chi connectivity index (χ4v) is 3.40. The maximum absolute atomic E-state index is 13.4. The number of carbonyl (C=O) groups is 1. The first-order valence-corrected chi connectivity index (χ1v) is 7.02. The largest absolute Gasteiger partial charge is 0.491 e. The third-order valence-corrected chi connectivity index (χ3v) is 4.91. The number of nitrogens with zero attached hydrogens (tertiary/aromatic N) is 1. The topological polar surface area (TPSA) is 49.8 Å². The van der Waals surface area contributed by atoms with Crippen LogP contribution in [0.3, 0.4) is 0 Å². The van der Waals surface area contributed by atoms with Gasteiger partial charge >= 0.3 is 7.12 Å². The molecule has 2 fully saturated rings. The maximum Gasteiger partial charge on any atom is 0.491 e. The van der Waals surface area contributed by atoms with Crippen LogP contribution in [0, 0.1) is 5.41 Å². The van der Waals surface area contributed by atoms with Gasteiger partial charge in [0.15, 0.2) is 0 Å². The number of carbonyl (C=O) groups excluding carboxylic acids is 1. The zero-order chi connectivity index (χ0) is 14.8. The van der Waals surface area contributed by atoms with E-state index in [-0.39, 0.29) is 18.9 Å². The molecule has 2 heterocycles. The molecular weight excluding hydrogens is 279 g/mol. The van der Waals surface area contributed by atoms with Gasteiger partial charge in [-0.1, -0.05) is 6.07 Å². The molecule has 0 bridgehead atoms. The summed E-state index contributed by atoms with van der Waals surface area (Å²) in [6.45, 7) is 0.809. The number of amides is 1. The summed E-state index contributed by atoms with van der Waals surface area (Å²) in [4.78, 5) is 13.9. The molecule has 2 aliphatic heterocycles. The number of alkyl halides is 2. The van der Waals surface area contributed by atoms with Crippen LogP contribution in [0.1, 0.15) is 28.8 Å². The first-order valence-electron chi connectivity index (χ1n) is 7.02. The Morgan fingerprint density at radius 2 is 2.19 bits per heavy atom. The Morgan fingerprint density at radius 3 is 2.86 bits per heavy atom. The summed E-state index contributed by atoms with van der Waals surface area (Å²) in [5, 5.41) is 9.67. The highest BCUT2D eigenvalue weighted by molar-refractivity contribution is 6.61. The lowest BCUT2D eigenvalue weighted by molar-refractivity contribution is 0.0618. The lowest BCUT2D eigenvalue weighted by Crippen LogP contribution is -2.33. The Bertz CT molecular complexity index is 639. The molecule has 0 aromatic heterocycles. The van der Waals surface area contributed by atoms with Gasteiger partial charge in [-0.3, -0.25) is 4.79 Å². The fourth-order valence-electron chi connectivity index (χ4n) is 3.40. The third kappa shape index (κ3) is 1.84. The van der Waals surface area contributed by atoms with Gasteiger partial charge in [-0.2, -0.15) is 0 Å². The van der Waals surface area contributed by atoms with E-state index in [0.717, 1.165) is 5.56 Å². The van der Waals surface area contributed by atoms with Crippen LogP contribution >= 0.6 is 0 Å². The van der Waals surface area contributed by atoms with Crippen molar-refractivity contribution in [3.63, 3.8) is 0 Å². The number of hydrogen-bond acceptors (Lipinski definition) is 3. The van der Waals surface area contributed by atoms with Crippen LogP contribution in [-0.4, -0.2) is 42.0 Å². The summed E-state index contributed by atoms with van der Waals surface area (Å²) in [5.74, 6) is -2.87. The summed E-state index contributed by atoms with van der Waals surface area (Å²) in [6, 6.07) is 5.01. The number of hydrogen-bond donors (Lipinski definition) is 1. The molecule has 4 rings (SSSR count). The van der Waals surface area contributed by atoms with Gasteiger partial charge < -0.3 is 14.6 Å². The number of rotatable bonds is 1. The van der Waals surface area contributed by atoms with E-state index in [1.54, 1.807) is 18.2 Å². The van der Waals surface area contributed by atoms with Crippen LogP contribution in [0.15, 0.2) is 18.2 Å². The van der Waals surface area contributed by atoms with E-state index < -0.39 is 18.5 Å². The van der Waals surface area contributed by atoms with Gasteiger partial charge in [0, 0.05) is 25.1 Å². The minimum absolute atomic E-state index is 0.111. The third-order valence-electron chi connectivity index (χ3n) is 4.91. The summed E-state index contributed by atoms with van der Waals surface area (Å²) in [6.07, 6.45) is 0.253. The van der Waals surface area contributed by atoms with Crippen LogP contribution in [-0.2, 0) is 11.3 Å². The average Bonchev–Trinajstić information content (AvgIpc) is 2.83. The molecule has 1 aliphatic carbocycles. The van der Waals surface area contributed by atoms with E-state index in [0.29, 0.717) is 30.6 Å². The molecular formula is C14H14BF2NO3. The van der Waals surface area contributed by atoms with E-state index in [1.165, 1.54) is 4.90 Å². The Hall–Kier alpha value is -1.47. The number of fused-ring (bicyclic) bond motifs is 1. The number of halogens is 2. The Kier molecular flexibility index (Phi) is 2.55. The molecule has 1 amide bonds. The Morgan fingerprint density at radius 1 is 1.43 bits per heavy atom. The summed E-state index contributed by atoms with van der Waals surface area (Å²) >= 11 is 0. The minimum Gasteiger partial charge on any atom is -0.423 e. The molecule has 4 nitrogen and oxygen atoms in total. The second-order valence-electron chi connectivity index (χ2n) is 6.22. The van der Waals surface area contributed by atoms with Crippen molar-refractivity contribution in [2.75, 3.05) is 13.1 Å². The number of likely N-dealkylation sites (tertiary alicyclic amines) is 1. The Labute approximate surface area is 120 Å². The van der Waals surface area contributed by atoms with Gasteiger partial charge in [0.1, 0.15) is 0 Å². The van der Waals surface area contributed by atoms with Gasteiger partial charge in [-0.05, 0) is 29.6 Å².